The van der Waals surface area contributed by atoms with Crippen LogP contribution in [0.3, 0.4) is 0 Å². The van der Waals surface area contributed by atoms with Crippen molar-refractivity contribution in [2.24, 2.45) is 11.7 Å². The number of aromatic nitrogens is 2. The van der Waals surface area contributed by atoms with E-state index in [9.17, 15) is 0 Å². The van der Waals surface area contributed by atoms with Crippen LogP contribution in [-0.4, -0.2) is 15.6 Å². The van der Waals surface area contributed by atoms with Crippen LogP contribution in [0.5, 0.6) is 0 Å². The van der Waals surface area contributed by atoms with Gasteiger partial charge in [-0.1, -0.05) is 6.92 Å². The second kappa shape index (κ2) is 4.35. The molecular formula is C12H21N3. The van der Waals surface area contributed by atoms with E-state index in [1.807, 2.05) is 6.20 Å². The Balaban J connectivity index is 2.07. The smallest absolute Gasteiger partial charge is 0.108 e. The van der Waals surface area contributed by atoms with Crippen molar-refractivity contribution in [3.05, 3.63) is 17.7 Å². The molecule has 3 nitrogen and oxygen atoms in total. The van der Waals surface area contributed by atoms with Crippen molar-refractivity contribution >= 4 is 0 Å². The topological polar surface area (TPSA) is 43.8 Å². The van der Waals surface area contributed by atoms with Crippen LogP contribution in [0.15, 0.2) is 6.20 Å². The highest BCUT2D eigenvalue weighted by Crippen LogP contribution is 2.25. The maximum atomic E-state index is 5.85. The molecule has 2 N–H and O–H groups in total. The van der Waals surface area contributed by atoms with Gasteiger partial charge in [-0.25, -0.2) is 4.98 Å². The first-order valence-electron chi connectivity index (χ1n) is 5.99. The molecule has 2 unspecified atom stereocenters. The molecule has 2 rings (SSSR count). The second-order valence-corrected chi connectivity index (χ2v) is 4.74. The molecular weight excluding hydrogens is 186 g/mol. The summed E-state index contributed by atoms with van der Waals surface area (Å²) in [4.78, 5) is 4.46. The van der Waals surface area contributed by atoms with E-state index in [1.165, 1.54) is 17.9 Å². The number of rotatable bonds is 3. The van der Waals surface area contributed by atoms with Crippen molar-refractivity contribution in [3.8, 4) is 0 Å². The van der Waals surface area contributed by atoms with Gasteiger partial charge in [-0.2, -0.15) is 0 Å². The molecule has 0 bridgehead atoms. The highest BCUT2D eigenvalue weighted by atomic mass is 15.1. The van der Waals surface area contributed by atoms with Gasteiger partial charge in [-0.05, 0) is 32.1 Å². The fraction of sp³-hybridized carbons (Fsp3) is 0.750. The van der Waals surface area contributed by atoms with Crippen LogP contribution >= 0.6 is 0 Å². The van der Waals surface area contributed by atoms with Gasteiger partial charge in [0.25, 0.3) is 0 Å². The molecule has 1 aromatic heterocycles. The lowest BCUT2D eigenvalue weighted by Gasteiger charge is -2.26. The van der Waals surface area contributed by atoms with E-state index in [1.54, 1.807) is 0 Å². The van der Waals surface area contributed by atoms with Gasteiger partial charge in [0.15, 0.2) is 0 Å². The van der Waals surface area contributed by atoms with Crippen LogP contribution in [0.2, 0.25) is 0 Å². The predicted octanol–water partition coefficient (Wildman–Crippen LogP) is 1.75. The van der Waals surface area contributed by atoms with Crippen molar-refractivity contribution in [2.45, 2.75) is 52.1 Å². The Bertz CT molecular complexity index is 328. The zero-order valence-corrected chi connectivity index (χ0v) is 9.74. The van der Waals surface area contributed by atoms with Crippen LogP contribution in [0.1, 0.15) is 38.2 Å². The first-order valence-corrected chi connectivity index (χ1v) is 5.99. The summed E-state index contributed by atoms with van der Waals surface area (Å²) < 4.78 is 2.39. The number of hydrogen-bond acceptors (Lipinski definition) is 2. The number of hydrogen-bond donors (Lipinski definition) is 1. The van der Waals surface area contributed by atoms with E-state index in [4.69, 9.17) is 5.73 Å². The zero-order chi connectivity index (χ0) is 10.8. The van der Waals surface area contributed by atoms with Gasteiger partial charge in [-0.3, -0.25) is 0 Å². The van der Waals surface area contributed by atoms with Gasteiger partial charge in [0.05, 0.1) is 0 Å². The molecule has 0 radical (unpaired) electrons. The minimum Gasteiger partial charge on any atom is -0.332 e. The molecule has 84 valence electrons. The molecule has 2 heterocycles. The average Bonchev–Trinajstić information content (AvgIpc) is 2.58. The average molecular weight is 207 g/mol. The Hall–Kier alpha value is -0.830. The van der Waals surface area contributed by atoms with E-state index >= 15 is 0 Å². The number of nitrogens with zero attached hydrogens (tertiary/aromatic N) is 2. The Morgan fingerprint density at radius 1 is 1.67 bits per heavy atom. The summed E-state index contributed by atoms with van der Waals surface area (Å²) in [5, 5.41) is 0. The molecule has 1 aromatic rings. The van der Waals surface area contributed by atoms with Crippen molar-refractivity contribution < 1.29 is 0 Å². The lowest BCUT2D eigenvalue weighted by Crippen LogP contribution is -2.26. The first kappa shape index (κ1) is 10.7. The Labute approximate surface area is 91.7 Å². The molecule has 3 heteroatoms. The highest BCUT2D eigenvalue weighted by molar-refractivity contribution is 5.09. The number of nitrogens with two attached hydrogens (primary N) is 1. The van der Waals surface area contributed by atoms with E-state index in [-0.39, 0.29) is 0 Å². The third-order valence-corrected chi connectivity index (χ3v) is 3.30. The van der Waals surface area contributed by atoms with E-state index < -0.39 is 0 Å². The largest absolute Gasteiger partial charge is 0.332 e. The Morgan fingerprint density at radius 3 is 3.13 bits per heavy atom. The monoisotopic (exact) mass is 207 g/mol. The molecule has 0 aliphatic carbocycles. The number of imidazole rings is 1. The van der Waals surface area contributed by atoms with Crippen LogP contribution < -0.4 is 5.73 Å². The summed E-state index contributed by atoms with van der Waals surface area (Å²) in [5.41, 5.74) is 7.26. The summed E-state index contributed by atoms with van der Waals surface area (Å²) >= 11 is 0. The van der Waals surface area contributed by atoms with Gasteiger partial charge in [0.1, 0.15) is 5.82 Å². The maximum Gasteiger partial charge on any atom is 0.108 e. The van der Waals surface area contributed by atoms with Crippen LogP contribution in [-0.2, 0) is 19.4 Å². The predicted molar refractivity (Wildman–Crippen MR) is 61.7 cm³/mol. The molecule has 15 heavy (non-hydrogen) atoms. The van der Waals surface area contributed by atoms with Gasteiger partial charge >= 0.3 is 0 Å². The standard InChI is InChI=1S/C12H21N3/c1-3-12-14-8-11-7-10(6-9(2)13)4-5-15(11)12/h8-10H,3-7,13H2,1-2H3. The van der Waals surface area contributed by atoms with Gasteiger partial charge in [0, 0.05) is 30.9 Å². The van der Waals surface area contributed by atoms with Crippen molar-refractivity contribution in [1.82, 2.24) is 9.55 Å². The van der Waals surface area contributed by atoms with E-state index in [0.29, 0.717) is 6.04 Å². The molecule has 0 saturated carbocycles. The SMILES string of the molecule is CCc1ncc2n1CCC(CC(C)N)C2. The lowest BCUT2D eigenvalue weighted by molar-refractivity contribution is 0.345. The molecule has 0 amide bonds. The highest BCUT2D eigenvalue weighted by Gasteiger charge is 2.21. The second-order valence-electron chi connectivity index (χ2n) is 4.74. The minimum atomic E-state index is 0.329. The molecule has 0 saturated heterocycles. The Kier molecular flexibility index (Phi) is 3.10. The van der Waals surface area contributed by atoms with E-state index in [0.717, 1.165) is 31.7 Å². The fourth-order valence-electron chi connectivity index (χ4n) is 2.61. The van der Waals surface area contributed by atoms with Gasteiger partial charge < -0.3 is 10.3 Å². The summed E-state index contributed by atoms with van der Waals surface area (Å²) in [6.07, 6.45) is 6.66. The Morgan fingerprint density at radius 2 is 2.47 bits per heavy atom. The van der Waals surface area contributed by atoms with Crippen molar-refractivity contribution in [2.75, 3.05) is 0 Å². The van der Waals surface area contributed by atoms with Crippen LogP contribution in [0.25, 0.3) is 0 Å². The fourth-order valence-corrected chi connectivity index (χ4v) is 2.61. The lowest BCUT2D eigenvalue weighted by atomic mass is 9.90. The molecule has 1 aliphatic heterocycles. The molecule has 2 atom stereocenters. The quantitative estimate of drug-likeness (QED) is 0.820. The molecule has 0 spiro atoms. The summed E-state index contributed by atoms with van der Waals surface area (Å²) in [7, 11) is 0. The summed E-state index contributed by atoms with van der Waals surface area (Å²) in [6.45, 7) is 5.41. The third kappa shape index (κ3) is 2.23. The maximum absolute atomic E-state index is 5.85. The van der Waals surface area contributed by atoms with Crippen molar-refractivity contribution in [1.29, 1.82) is 0 Å². The molecule has 1 aliphatic rings. The van der Waals surface area contributed by atoms with Crippen molar-refractivity contribution in [3.63, 3.8) is 0 Å². The van der Waals surface area contributed by atoms with E-state index in [2.05, 4.69) is 23.4 Å². The van der Waals surface area contributed by atoms with Crippen LogP contribution in [0.4, 0.5) is 0 Å². The molecule has 0 fully saturated rings. The summed E-state index contributed by atoms with van der Waals surface area (Å²) in [5.74, 6) is 2.00. The van der Waals surface area contributed by atoms with Crippen LogP contribution in [0, 0.1) is 5.92 Å². The zero-order valence-electron chi connectivity index (χ0n) is 9.74. The molecule has 0 aromatic carbocycles. The normalized spacial score (nSPS) is 22.5. The minimum absolute atomic E-state index is 0.329. The van der Waals surface area contributed by atoms with Gasteiger partial charge in [0.2, 0.25) is 0 Å². The summed E-state index contributed by atoms with van der Waals surface area (Å²) in [6, 6.07) is 0.329. The third-order valence-electron chi connectivity index (χ3n) is 3.30. The first-order chi connectivity index (χ1) is 7.20. The number of aryl methyl sites for hydroxylation is 1. The number of fused-ring (bicyclic) bond motifs is 1. The van der Waals surface area contributed by atoms with Gasteiger partial charge in [-0.15, -0.1) is 0 Å².